The van der Waals surface area contributed by atoms with Crippen molar-refractivity contribution in [3.8, 4) is 0 Å². The summed E-state index contributed by atoms with van der Waals surface area (Å²) in [6, 6.07) is 0. The number of nitrogens with zero attached hydrogens (tertiary/aromatic N) is 4. The molecule has 0 aromatic carbocycles. The lowest BCUT2D eigenvalue weighted by Gasteiger charge is -2.08. The van der Waals surface area contributed by atoms with Crippen LogP contribution in [0.3, 0.4) is 0 Å². The summed E-state index contributed by atoms with van der Waals surface area (Å²) in [7, 11) is -8.13. The molecule has 0 unspecified atom stereocenters. The van der Waals surface area contributed by atoms with Crippen LogP contribution in [0.5, 0.6) is 0 Å². The molecule has 0 spiro atoms. The number of rotatable bonds is 3. The Bertz CT molecular complexity index is 1040. The fourth-order valence-corrected chi connectivity index (χ4v) is 1.58. The molecule has 10 nitrogen and oxygen atoms in total. The first-order chi connectivity index (χ1) is 16.4. The molecule has 37 heavy (non-hydrogen) atoms. The molecule has 0 aliphatic rings. The quantitative estimate of drug-likeness (QED) is 0.229. The normalized spacial score (nSPS) is 11.6. The van der Waals surface area contributed by atoms with Crippen LogP contribution < -0.4 is 9.13 Å². The first-order valence-electron chi connectivity index (χ1n) is 9.37. The van der Waals surface area contributed by atoms with Crippen molar-refractivity contribution in [3.05, 3.63) is 37.4 Å². The van der Waals surface area contributed by atoms with Crippen LogP contribution in [0, 0.1) is 0 Å². The van der Waals surface area contributed by atoms with Gasteiger partial charge in [0.1, 0.15) is 24.8 Å². The van der Waals surface area contributed by atoms with Crippen molar-refractivity contribution in [3.63, 3.8) is 0 Å². The SMILES string of the molecule is CCCn1cc[n+](C)c1.CCn1cc[n+](C)c1.FC(F)F.O=S(=O)([O-])C(F)(F)F.O=S(=O)([O-])C(F)(F)F. The van der Waals surface area contributed by atoms with Gasteiger partial charge in [-0.25, -0.2) is 35.1 Å². The van der Waals surface area contributed by atoms with Crippen LogP contribution >= 0.6 is 0 Å². The van der Waals surface area contributed by atoms with Gasteiger partial charge in [-0.05, 0) is 13.3 Å². The van der Waals surface area contributed by atoms with Gasteiger partial charge in [0.15, 0.2) is 20.2 Å². The topological polar surface area (TPSA) is 132 Å². The van der Waals surface area contributed by atoms with E-state index < -0.39 is 37.9 Å². The van der Waals surface area contributed by atoms with E-state index in [-0.39, 0.29) is 0 Å². The summed E-state index contributed by atoms with van der Waals surface area (Å²) in [4.78, 5) is 0. The van der Waals surface area contributed by atoms with E-state index in [1.54, 1.807) is 0 Å². The highest BCUT2D eigenvalue weighted by Crippen LogP contribution is 2.21. The molecule has 21 heteroatoms. The van der Waals surface area contributed by atoms with Gasteiger partial charge in [0.05, 0.1) is 27.2 Å². The van der Waals surface area contributed by atoms with Gasteiger partial charge in [0.25, 0.3) is 0 Å². The molecule has 2 heterocycles. The van der Waals surface area contributed by atoms with Gasteiger partial charge in [0, 0.05) is 0 Å². The third-order valence-corrected chi connectivity index (χ3v) is 4.20. The maximum Gasteiger partial charge on any atom is 0.485 e. The zero-order valence-corrected chi connectivity index (χ0v) is 21.3. The Balaban J connectivity index is -0.000000398. The van der Waals surface area contributed by atoms with Gasteiger partial charge in [-0.2, -0.15) is 39.5 Å². The van der Waals surface area contributed by atoms with Crippen molar-refractivity contribution in [2.75, 3.05) is 0 Å². The lowest BCUT2D eigenvalue weighted by Crippen LogP contribution is -2.23. The molecule has 0 amide bonds. The van der Waals surface area contributed by atoms with Crippen LogP contribution in [-0.2, 0) is 47.4 Å². The van der Waals surface area contributed by atoms with E-state index in [0.29, 0.717) is 0 Å². The zero-order chi connectivity index (χ0) is 30.3. The summed E-state index contributed by atoms with van der Waals surface area (Å²) in [5.41, 5.74) is -11.3. The monoisotopic (exact) mass is 604 g/mol. The van der Waals surface area contributed by atoms with Crippen molar-refractivity contribution in [1.82, 2.24) is 9.13 Å². The maximum absolute atomic E-state index is 10.7. The summed E-state index contributed by atoms with van der Waals surface area (Å²) in [6.45, 7) is 2.82. The predicted molar refractivity (Wildman–Crippen MR) is 106 cm³/mol. The molecule has 2 rings (SSSR count). The van der Waals surface area contributed by atoms with E-state index in [4.69, 9.17) is 25.9 Å². The lowest BCUT2D eigenvalue weighted by molar-refractivity contribution is -0.671. The van der Waals surface area contributed by atoms with E-state index >= 15 is 0 Å². The zero-order valence-electron chi connectivity index (χ0n) is 19.6. The van der Waals surface area contributed by atoms with Gasteiger partial charge < -0.3 is 9.11 Å². The van der Waals surface area contributed by atoms with Crippen LogP contribution in [-0.4, -0.2) is 52.8 Å². The molecule has 2 aromatic heterocycles. The predicted octanol–water partition coefficient (Wildman–Crippen LogP) is 2.34. The van der Waals surface area contributed by atoms with Crippen LogP contribution in [0.25, 0.3) is 0 Å². The minimum atomic E-state index is -6.09. The second kappa shape index (κ2) is 17.2. The second-order valence-corrected chi connectivity index (χ2v) is 9.02. The molecule has 0 atom stereocenters. The third kappa shape index (κ3) is 22.5. The molecule has 2 aromatic rings. The van der Waals surface area contributed by atoms with Gasteiger partial charge in [-0.1, -0.05) is 6.92 Å². The van der Waals surface area contributed by atoms with E-state index in [1.165, 1.54) is 6.42 Å². The minimum Gasteiger partial charge on any atom is -0.741 e. The van der Waals surface area contributed by atoms with Crippen molar-refractivity contribution in [1.29, 1.82) is 0 Å². The molecular formula is C16H25F9N4O6S2. The van der Waals surface area contributed by atoms with Crippen LogP contribution in [0.15, 0.2) is 37.4 Å². The number of imidazole rings is 2. The summed E-state index contributed by atoms with van der Waals surface area (Å²) >= 11 is 0. The van der Waals surface area contributed by atoms with Crippen LogP contribution in [0.4, 0.5) is 39.5 Å². The van der Waals surface area contributed by atoms with Crippen molar-refractivity contribution in [2.24, 2.45) is 14.1 Å². The van der Waals surface area contributed by atoms with E-state index in [0.717, 1.165) is 13.1 Å². The standard InChI is InChI=1S/C7H13N2.C6H11N2.2CHF3O3S.CHF3/c1-3-4-9-6-5-8(2)7-9;1-3-8-5-4-7(2)6-8;2*2-1(3,4)8(5,6)7;2-1(3)4/h5-7H,3-4H2,1-2H3;4-6H,3H2,1-2H3;2*(H,5,6,7);1H/q2*+1;;;/p-2. The first kappa shape index (κ1) is 39.1. The molecular weight excluding hydrogens is 579 g/mol. The molecule has 0 fully saturated rings. The first-order valence-corrected chi connectivity index (χ1v) is 12.2. The maximum atomic E-state index is 10.7. The number of hydrogen-bond acceptors (Lipinski definition) is 6. The third-order valence-electron chi connectivity index (χ3n) is 3.06. The van der Waals surface area contributed by atoms with E-state index in [9.17, 15) is 39.5 Å². The molecule has 0 aliphatic carbocycles. The number of aryl methyl sites for hydroxylation is 4. The molecule has 0 aliphatic heterocycles. The highest BCUT2D eigenvalue weighted by molar-refractivity contribution is 7.86. The Labute approximate surface area is 207 Å². The van der Waals surface area contributed by atoms with Crippen molar-refractivity contribution < 1.29 is 74.6 Å². The fourth-order valence-electron chi connectivity index (χ4n) is 1.58. The summed E-state index contributed by atoms with van der Waals surface area (Å²) in [6.07, 6.45) is 13.6. The van der Waals surface area contributed by atoms with E-state index in [1.807, 2.05) is 24.9 Å². The summed E-state index contributed by atoms with van der Waals surface area (Å²) in [5, 5.41) is 0. The van der Waals surface area contributed by atoms with Gasteiger partial charge in [0.2, 0.25) is 12.7 Å². The highest BCUT2D eigenvalue weighted by Gasteiger charge is 2.37. The fraction of sp³-hybridized carbons (Fsp3) is 0.625. The molecule has 0 saturated carbocycles. The van der Waals surface area contributed by atoms with Gasteiger partial charge >= 0.3 is 17.7 Å². The smallest absolute Gasteiger partial charge is 0.485 e. The number of alkyl halides is 9. The number of halogens is 9. The summed E-state index contributed by atoms with van der Waals surface area (Å²) < 4.78 is 155. The molecule has 0 N–H and O–H groups in total. The summed E-state index contributed by atoms with van der Waals surface area (Å²) in [5.74, 6) is 0. The Morgan fingerprint density at radius 1 is 0.757 bits per heavy atom. The molecule has 0 saturated heterocycles. The van der Waals surface area contributed by atoms with Gasteiger partial charge in [-0.15, -0.1) is 0 Å². The largest absolute Gasteiger partial charge is 0.741 e. The van der Waals surface area contributed by atoms with Gasteiger partial charge in [-0.3, -0.25) is 0 Å². The molecule has 0 bridgehead atoms. The average molecular weight is 605 g/mol. The average Bonchev–Trinajstić information content (AvgIpc) is 3.28. The lowest BCUT2D eigenvalue weighted by atomic mass is 10.5. The Morgan fingerprint density at radius 2 is 1.03 bits per heavy atom. The Kier molecular flexibility index (Phi) is 18.2. The Hall–Kier alpha value is -2.39. The van der Waals surface area contributed by atoms with Crippen LogP contribution in [0.2, 0.25) is 0 Å². The van der Waals surface area contributed by atoms with Crippen LogP contribution in [0.1, 0.15) is 20.3 Å². The van der Waals surface area contributed by atoms with Crippen molar-refractivity contribution in [2.45, 2.75) is 51.1 Å². The van der Waals surface area contributed by atoms with Crippen molar-refractivity contribution >= 4 is 20.2 Å². The second-order valence-electron chi connectivity index (χ2n) is 6.27. The molecule has 0 radical (unpaired) electrons. The number of hydrogen-bond donors (Lipinski definition) is 0. The highest BCUT2D eigenvalue weighted by atomic mass is 32.2. The Morgan fingerprint density at radius 3 is 1.16 bits per heavy atom. The molecule has 220 valence electrons. The minimum absolute atomic E-state index is 1.06. The van der Waals surface area contributed by atoms with E-state index in [2.05, 4.69) is 58.8 Å². The number of aromatic nitrogens is 4.